The summed E-state index contributed by atoms with van der Waals surface area (Å²) in [4.78, 5) is 7.50. The number of rotatable bonds is 0. The second-order valence-corrected chi connectivity index (χ2v) is 5.61. The van der Waals surface area contributed by atoms with Gasteiger partial charge >= 0.3 is 5.66 Å². The maximum Gasteiger partial charge on any atom is 0.510 e. The Hall–Kier alpha value is -2.06. The first-order valence-corrected chi connectivity index (χ1v) is 6.76. The Kier molecular flexibility index (Phi) is 2.68. The van der Waals surface area contributed by atoms with Crippen molar-refractivity contribution in [3.63, 3.8) is 0 Å². The highest BCUT2D eigenvalue weighted by Gasteiger charge is 2.54. The smallest absolute Gasteiger partial charge is 0.226 e. The third-order valence-corrected chi connectivity index (χ3v) is 4.36. The Bertz CT molecular complexity index is 603. The maximum atomic E-state index is 7.56. The van der Waals surface area contributed by atoms with Gasteiger partial charge < -0.3 is 0 Å². The molecule has 0 heterocycles. The molecule has 3 aliphatic carbocycles. The summed E-state index contributed by atoms with van der Waals surface area (Å²) in [5.41, 5.74) is 3.62. The molecule has 2 nitrogen and oxygen atoms in total. The minimum Gasteiger partial charge on any atom is -0.226 e. The van der Waals surface area contributed by atoms with E-state index in [1.54, 1.807) is 0 Å². The predicted octanol–water partition coefficient (Wildman–Crippen LogP) is 4.46. The molecule has 0 fully saturated rings. The van der Waals surface area contributed by atoms with E-state index in [-0.39, 0.29) is 5.92 Å². The first-order valence-electron chi connectivity index (χ1n) is 6.76. The summed E-state index contributed by atoms with van der Waals surface area (Å²) >= 11 is 0. The second-order valence-electron chi connectivity index (χ2n) is 5.61. The molecule has 3 aliphatic rings. The van der Waals surface area contributed by atoms with Gasteiger partial charge in [-0.25, -0.2) is 22.8 Å². The molecule has 0 N–H and O–H groups in total. The summed E-state index contributed by atoms with van der Waals surface area (Å²) in [7, 11) is 0. The summed E-state index contributed by atoms with van der Waals surface area (Å²) in [6, 6.07) is 0. The van der Waals surface area contributed by atoms with Crippen LogP contribution in [0.2, 0.25) is 0 Å². The van der Waals surface area contributed by atoms with Gasteiger partial charge in [-0.1, -0.05) is 30.4 Å². The van der Waals surface area contributed by atoms with Crippen molar-refractivity contribution in [1.82, 2.24) is 0 Å². The quantitative estimate of drug-likeness (QED) is 0.442. The molecule has 0 aromatic rings. The fraction of sp³-hybridized carbons (Fsp3) is 0.412. The van der Waals surface area contributed by atoms with Gasteiger partial charge in [0.25, 0.3) is 0 Å². The van der Waals surface area contributed by atoms with Crippen LogP contribution >= 0.6 is 0 Å². The number of hydrogen-bond donors (Lipinski definition) is 0. The average molecular weight is 248 g/mol. The number of hydrogen-bond acceptors (Lipinski definition) is 0. The Morgan fingerprint density at radius 3 is 2.79 bits per heavy atom. The van der Waals surface area contributed by atoms with Crippen molar-refractivity contribution in [2.24, 2.45) is 5.92 Å². The van der Waals surface area contributed by atoms with Gasteiger partial charge in [-0.05, 0) is 36.8 Å². The Labute approximate surface area is 114 Å². The molecule has 0 saturated heterocycles. The van der Waals surface area contributed by atoms with Crippen LogP contribution in [0.25, 0.3) is 9.69 Å². The van der Waals surface area contributed by atoms with E-state index in [0.29, 0.717) is 6.42 Å². The first kappa shape index (κ1) is 12.0. The zero-order valence-electron chi connectivity index (χ0n) is 10.9. The molecule has 0 bridgehead atoms. The van der Waals surface area contributed by atoms with Crippen molar-refractivity contribution in [2.45, 2.75) is 37.8 Å². The van der Waals surface area contributed by atoms with Gasteiger partial charge in [0, 0.05) is 5.92 Å². The molecule has 0 aliphatic heterocycles. The minimum absolute atomic E-state index is 0.281. The molecule has 0 amide bonds. The normalized spacial score (nSPS) is 27.8. The van der Waals surface area contributed by atoms with Gasteiger partial charge in [0.1, 0.15) is 12.0 Å². The van der Waals surface area contributed by atoms with Crippen LogP contribution in [0.15, 0.2) is 47.1 Å². The van der Waals surface area contributed by atoms with Gasteiger partial charge in [0.2, 0.25) is 0 Å². The van der Waals surface area contributed by atoms with Crippen LogP contribution in [0, 0.1) is 19.1 Å². The molecule has 94 valence electrons. The van der Waals surface area contributed by atoms with E-state index >= 15 is 0 Å². The average Bonchev–Trinajstić information content (AvgIpc) is 2.70. The van der Waals surface area contributed by atoms with E-state index in [1.807, 2.05) is 0 Å². The highest BCUT2D eigenvalue weighted by molar-refractivity contribution is 5.54. The molecule has 0 aromatic heterocycles. The molecule has 3 rings (SSSR count). The van der Waals surface area contributed by atoms with Crippen molar-refractivity contribution in [3.05, 3.63) is 69.9 Å². The maximum absolute atomic E-state index is 7.56. The van der Waals surface area contributed by atoms with Crippen LogP contribution in [0.1, 0.15) is 32.1 Å². The lowest BCUT2D eigenvalue weighted by molar-refractivity contribution is 0.533. The first-order chi connectivity index (χ1) is 9.18. The zero-order valence-corrected chi connectivity index (χ0v) is 10.9. The van der Waals surface area contributed by atoms with Crippen molar-refractivity contribution in [1.29, 1.82) is 0 Å². The fourth-order valence-corrected chi connectivity index (χ4v) is 3.46. The number of fused-ring (bicyclic) bond motifs is 2. The molecule has 0 spiro atoms. The second kappa shape index (κ2) is 4.25. The van der Waals surface area contributed by atoms with E-state index in [4.69, 9.17) is 13.1 Å². The van der Waals surface area contributed by atoms with Crippen LogP contribution in [-0.2, 0) is 0 Å². The van der Waals surface area contributed by atoms with E-state index in [1.165, 1.54) is 5.57 Å². The molecule has 2 heteroatoms. The summed E-state index contributed by atoms with van der Waals surface area (Å²) in [6.07, 6.45) is 11.2. The van der Waals surface area contributed by atoms with Crippen LogP contribution in [0.5, 0.6) is 0 Å². The highest BCUT2D eigenvalue weighted by Crippen LogP contribution is 2.48. The molecular weight excluding hydrogens is 232 g/mol. The Morgan fingerprint density at radius 1 is 1.26 bits per heavy atom. The summed E-state index contributed by atoms with van der Waals surface area (Å²) < 4.78 is 0. The van der Waals surface area contributed by atoms with E-state index in [0.717, 1.165) is 42.4 Å². The van der Waals surface area contributed by atoms with Gasteiger partial charge in [0.15, 0.2) is 0 Å². The van der Waals surface area contributed by atoms with Gasteiger partial charge in [-0.15, -0.1) is 0 Å². The predicted molar refractivity (Wildman–Crippen MR) is 75.9 cm³/mol. The monoisotopic (exact) mass is 248 g/mol. The molecule has 1 unspecified atom stereocenters. The molecule has 1 atom stereocenters. The van der Waals surface area contributed by atoms with Crippen LogP contribution in [0.3, 0.4) is 0 Å². The van der Waals surface area contributed by atoms with Crippen molar-refractivity contribution < 1.29 is 0 Å². The van der Waals surface area contributed by atoms with Gasteiger partial charge in [0.05, 0.1) is 0 Å². The van der Waals surface area contributed by atoms with Crippen molar-refractivity contribution >= 4 is 0 Å². The van der Waals surface area contributed by atoms with Crippen LogP contribution in [-0.4, -0.2) is 5.66 Å². The standard InChI is InChI=1S/C17H16N2/c1-12-8-14-10-13-6-4-5-7-16(13)17(18-2,19-3)11-15(14)9-12/h7,9-10,13H,1,4-6,8,11H2. The number of allylic oxidation sites excluding steroid dienone is 5. The largest absolute Gasteiger partial charge is 0.510 e. The molecule has 0 aromatic carbocycles. The van der Waals surface area contributed by atoms with E-state index < -0.39 is 5.66 Å². The van der Waals surface area contributed by atoms with Crippen molar-refractivity contribution in [3.8, 4) is 0 Å². The lowest BCUT2D eigenvalue weighted by Gasteiger charge is -2.21. The van der Waals surface area contributed by atoms with Gasteiger partial charge in [-0.3, -0.25) is 0 Å². The Morgan fingerprint density at radius 2 is 2.05 bits per heavy atom. The summed E-state index contributed by atoms with van der Waals surface area (Å²) in [6.45, 7) is 19.2. The van der Waals surface area contributed by atoms with Crippen molar-refractivity contribution in [2.75, 3.05) is 0 Å². The number of nitrogens with zero attached hydrogens (tertiary/aromatic N) is 2. The SMILES string of the molecule is [C-]#[N+]C1([N+]#[C-])CC2=CC(=C)CC2=CC2CCCC=C21. The third-order valence-electron chi connectivity index (χ3n) is 4.36. The van der Waals surface area contributed by atoms with Crippen LogP contribution < -0.4 is 0 Å². The molecule has 19 heavy (non-hydrogen) atoms. The minimum atomic E-state index is -1.00. The third kappa shape index (κ3) is 1.76. The zero-order chi connectivity index (χ0) is 13.5. The highest BCUT2D eigenvalue weighted by atomic mass is 15.0. The molecular formula is C17H16N2. The lowest BCUT2D eigenvalue weighted by Crippen LogP contribution is -2.28. The van der Waals surface area contributed by atoms with Gasteiger partial charge in [-0.2, -0.15) is 0 Å². The lowest BCUT2D eigenvalue weighted by atomic mass is 9.80. The summed E-state index contributed by atoms with van der Waals surface area (Å²) in [5, 5.41) is 0. The molecule has 0 saturated carbocycles. The topological polar surface area (TPSA) is 8.72 Å². The van der Waals surface area contributed by atoms with Crippen LogP contribution in [0.4, 0.5) is 0 Å². The Balaban J connectivity index is 2.16. The summed E-state index contributed by atoms with van der Waals surface area (Å²) in [5.74, 6) is 0.281. The van der Waals surface area contributed by atoms with E-state index in [9.17, 15) is 0 Å². The molecule has 0 radical (unpaired) electrons. The fourth-order valence-electron chi connectivity index (χ4n) is 3.46. The van der Waals surface area contributed by atoms with E-state index in [2.05, 4.69) is 34.5 Å².